The molecular formula is C40H41N3O7. The van der Waals surface area contributed by atoms with Crippen LogP contribution in [0, 0.1) is 5.92 Å². The molecule has 0 fully saturated rings. The second-order valence-corrected chi connectivity index (χ2v) is 12.8. The van der Waals surface area contributed by atoms with Crippen molar-refractivity contribution in [2.24, 2.45) is 5.92 Å². The number of hydrogen-bond donors (Lipinski definition) is 4. The van der Waals surface area contributed by atoms with Gasteiger partial charge in [-0.2, -0.15) is 0 Å². The quantitative estimate of drug-likeness (QED) is 0.129. The normalized spacial score (nSPS) is 13.7. The molecule has 0 spiro atoms. The summed E-state index contributed by atoms with van der Waals surface area (Å²) in [5.74, 6) is -4.44. The molecule has 4 N–H and O–H groups in total. The standard InChI is InChI=1S/C40H41N3O7/c1-25(2)21-34(39(47)48)41-38(46)37(45)36(43-35(44)23-27-15-7-4-8-16-27)33(22-26-13-5-3-6-14-26)42-40(49)50-24-32-30-19-11-9-17-28(30)29-18-10-12-20-31(29)32/h3-20,25,32-34,36H,21-24H2,1-2H3,(H,41,46)(H,42,49)(H,43,44)(H,47,48)/t33-,34+,36+/m1/s1. The summed E-state index contributed by atoms with van der Waals surface area (Å²) in [6, 6.07) is 29.7. The number of ketones is 1. The number of carbonyl (C=O) groups is 5. The van der Waals surface area contributed by atoms with E-state index in [-0.39, 0.29) is 37.7 Å². The summed E-state index contributed by atoms with van der Waals surface area (Å²) in [4.78, 5) is 66.1. The molecule has 10 nitrogen and oxygen atoms in total. The fraction of sp³-hybridized carbons (Fsp3) is 0.275. The number of fused-ring (bicyclic) bond motifs is 3. The van der Waals surface area contributed by atoms with E-state index in [0.29, 0.717) is 5.56 Å². The zero-order valence-electron chi connectivity index (χ0n) is 28.0. The molecule has 1 aliphatic rings. The third-order valence-electron chi connectivity index (χ3n) is 8.69. The van der Waals surface area contributed by atoms with Gasteiger partial charge in [0, 0.05) is 5.92 Å². The molecule has 0 bridgehead atoms. The van der Waals surface area contributed by atoms with Crippen LogP contribution in [0.1, 0.15) is 48.4 Å². The van der Waals surface area contributed by atoms with E-state index < -0.39 is 47.8 Å². The van der Waals surface area contributed by atoms with Crippen molar-refractivity contribution >= 4 is 29.7 Å². The van der Waals surface area contributed by atoms with Crippen LogP contribution in [-0.4, -0.2) is 59.5 Å². The third kappa shape index (κ3) is 9.02. The SMILES string of the molecule is CC(C)C[C@H](NC(=O)C(=O)[C@@H](NC(=O)Cc1ccccc1)[C@@H](Cc1ccccc1)NC(=O)OCC1c2ccccc2-c2ccccc21)C(=O)O. The lowest BCUT2D eigenvalue weighted by Crippen LogP contribution is -2.60. The van der Waals surface area contributed by atoms with E-state index in [1.54, 1.807) is 62.4 Å². The van der Waals surface area contributed by atoms with E-state index in [2.05, 4.69) is 16.0 Å². The van der Waals surface area contributed by atoms with Gasteiger partial charge in [-0.3, -0.25) is 14.4 Å². The maximum atomic E-state index is 13.9. The minimum atomic E-state index is -1.56. The molecule has 50 heavy (non-hydrogen) atoms. The second-order valence-electron chi connectivity index (χ2n) is 12.8. The van der Waals surface area contributed by atoms with Gasteiger partial charge in [0.25, 0.3) is 5.91 Å². The van der Waals surface area contributed by atoms with Gasteiger partial charge in [0.05, 0.1) is 12.5 Å². The Morgan fingerprint density at radius 2 is 1.24 bits per heavy atom. The Hall–Kier alpha value is -5.77. The number of Topliss-reactive ketones (excluding diaryl/α,β-unsaturated/α-hetero) is 1. The Balaban J connectivity index is 1.40. The van der Waals surface area contributed by atoms with Crippen LogP contribution in [0.3, 0.4) is 0 Å². The molecular weight excluding hydrogens is 634 g/mol. The summed E-state index contributed by atoms with van der Waals surface area (Å²) in [6.45, 7) is 3.60. The van der Waals surface area contributed by atoms with Gasteiger partial charge in [0.1, 0.15) is 18.7 Å². The third-order valence-corrected chi connectivity index (χ3v) is 8.69. The van der Waals surface area contributed by atoms with Crippen LogP contribution in [0.15, 0.2) is 109 Å². The molecule has 0 saturated carbocycles. The van der Waals surface area contributed by atoms with E-state index in [9.17, 15) is 29.1 Å². The number of carboxylic acids is 1. The van der Waals surface area contributed by atoms with Crippen LogP contribution in [0.2, 0.25) is 0 Å². The Bertz CT molecular complexity index is 1780. The highest BCUT2D eigenvalue weighted by Gasteiger charge is 2.37. The first-order valence-corrected chi connectivity index (χ1v) is 16.7. The number of hydrogen-bond acceptors (Lipinski definition) is 6. The van der Waals surface area contributed by atoms with E-state index >= 15 is 0 Å². The number of carboxylic acid groups (broad SMARTS) is 1. The molecule has 258 valence electrons. The van der Waals surface area contributed by atoms with Crippen LogP contribution in [-0.2, 0) is 36.8 Å². The summed E-state index contributed by atoms with van der Waals surface area (Å²) >= 11 is 0. The van der Waals surface area contributed by atoms with Crippen molar-refractivity contribution in [1.82, 2.24) is 16.0 Å². The molecule has 0 unspecified atom stereocenters. The minimum absolute atomic E-state index is 0.00682. The van der Waals surface area contributed by atoms with Crippen LogP contribution >= 0.6 is 0 Å². The number of ether oxygens (including phenoxy) is 1. The fourth-order valence-corrected chi connectivity index (χ4v) is 6.33. The van der Waals surface area contributed by atoms with Gasteiger partial charge in [-0.15, -0.1) is 0 Å². The van der Waals surface area contributed by atoms with Crippen molar-refractivity contribution in [1.29, 1.82) is 0 Å². The molecule has 0 heterocycles. The predicted molar refractivity (Wildman–Crippen MR) is 188 cm³/mol. The smallest absolute Gasteiger partial charge is 0.407 e. The zero-order valence-corrected chi connectivity index (χ0v) is 28.0. The van der Waals surface area contributed by atoms with Crippen LogP contribution in [0.4, 0.5) is 4.79 Å². The van der Waals surface area contributed by atoms with Crippen molar-refractivity contribution in [3.05, 3.63) is 131 Å². The number of amides is 3. The van der Waals surface area contributed by atoms with Gasteiger partial charge in [-0.25, -0.2) is 9.59 Å². The van der Waals surface area contributed by atoms with Crippen molar-refractivity contribution in [3.63, 3.8) is 0 Å². The number of benzene rings is 4. The van der Waals surface area contributed by atoms with Crippen LogP contribution < -0.4 is 16.0 Å². The average Bonchev–Trinajstić information content (AvgIpc) is 3.43. The summed E-state index contributed by atoms with van der Waals surface area (Å²) in [7, 11) is 0. The Kier molecular flexibility index (Phi) is 11.8. The minimum Gasteiger partial charge on any atom is -0.480 e. The molecule has 1 aliphatic carbocycles. The maximum Gasteiger partial charge on any atom is 0.407 e. The van der Waals surface area contributed by atoms with Gasteiger partial charge in [0.2, 0.25) is 11.7 Å². The molecule has 4 aromatic carbocycles. The molecule has 5 rings (SSSR count). The van der Waals surface area contributed by atoms with E-state index in [4.69, 9.17) is 4.74 Å². The largest absolute Gasteiger partial charge is 0.480 e. The second kappa shape index (κ2) is 16.6. The molecule has 3 amide bonds. The topological polar surface area (TPSA) is 151 Å². The van der Waals surface area contributed by atoms with Crippen LogP contribution in [0.5, 0.6) is 0 Å². The highest BCUT2D eigenvalue weighted by molar-refractivity contribution is 6.39. The molecule has 0 saturated heterocycles. The van der Waals surface area contributed by atoms with Crippen molar-refractivity contribution in [2.45, 2.75) is 57.2 Å². The number of carbonyl (C=O) groups excluding carboxylic acids is 4. The summed E-state index contributed by atoms with van der Waals surface area (Å²) in [5, 5.41) is 17.5. The van der Waals surface area contributed by atoms with Gasteiger partial charge in [0.15, 0.2) is 0 Å². The Morgan fingerprint density at radius 1 is 0.700 bits per heavy atom. The lowest BCUT2D eigenvalue weighted by Gasteiger charge is -2.28. The number of alkyl carbamates (subject to hydrolysis) is 1. The molecule has 3 atom stereocenters. The number of aliphatic carboxylic acids is 1. The van der Waals surface area contributed by atoms with Crippen molar-refractivity contribution in [2.75, 3.05) is 6.61 Å². The molecule has 4 aromatic rings. The first-order valence-electron chi connectivity index (χ1n) is 16.7. The highest BCUT2D eigenvalue weighted by atomic mass is 16.5. The Labute approximate surface area is 291 Å². The Morgan fingerprint density at radius 3 is 1.80 bits per heavy atom. The highest BCUT2D eigenvalue weighted by Crippen LogP contribution is 2.44. The molecule has 0 aromatic heterocycles. The number of rotatable bonds is 15. The van der Waals surface area contributed by atoms with Gasteiger partial charge >= 0.3 is 12.1 Å². The van der Waals surface area contributed by atoms with Gasteiger partial charge in [-0.05, 0) is 52.1 Å². The van der Waals surface area contributed by atoms with Crippen LogP contribution in [0.25, 0.3) is 11.1 Å². The summed E-state index contributed by atoms with van der Waals surface area (Å²) in [6.07, 6.45) is -0.800. The lowest BCUT2D eigenvalue weighted by atomic mass is 9.95. The number of nitrogens with one attached hydrogen (secondary N) is 3. The van der Waals surface area contributed by atoms with Crippen molar-refractivity contribution in [3.8, 4) is 11.1 Å². The molecule has 0 radical (unpaired) electrons. The maximum absolute atomic E-state index is 13.9. The first kappa shape index (κ1) is 35.5. The summed E-state index contributed by atoms with van der Waals surface area (Å²) in [5.41, 5.74) is 5.56. The molecule has 10 heteroatoms. The van der Waals surface area contributed by atoms with E-state index in [0.717, 1.165) is 27.8 Å². The first-order chi connectivity index (χ1) is 24.1. The van der Waals surface area contributed by atoms with Gasteiger partial charge in [-0.1, -0.05) is 123 Å². The van der Waals surface area contributed by atoms with Crippen molar-refractivity contribution < 1.29 is 33.8 Å². The monoisotopic (exact) mass is 675 g/mol. The lowest BCUT2D eigenvalue weighted by molar-refractivity contribution is -0.145. The predicted octanol–water partition coefficient (Wildman–Crippen LogP) is 5.05. The molecule has 0 aliphatic heterocycles. The van der Waals surface area contributed by atoms with E-state index in [1.165, 1.54) is 0 Å². The van der Waals surface area contributed by atoms with E-state index in [1.807, 2.05) is 60.7 Å². The van der Waals surface area contributed by atoms with Gasteiger partial charge < -0.3 is 25.8 Å². The fourth-order valence-electron chi connectivity index (χ4n) is 6.33. The summed E-state index contributed by atoms with van der Waals surface area (Å²) < 4.78 is 5.79. The average molecular weight is 676 g/mol. The zero-order chi connectivity index (χ0) is 35.6.